The summed E-state index contributed by atoms with van der Waals surface area (Å²) >= 11 is 0. The van der Waals surface area contributed by atoms with Crippen molar-refractivity contribution in [3.63, 3.8) is 0 Å². The van der Waals surface area contributed by atoms with Crippen LogP contribution in [0.2, 0.25) is 0 Å². The predicted octanol–water partition coefficient (Wildman–Crippen LogP) is 2.31. The van der Waals surface area contributed by atoms with Crippen LogP contribution in [0, 0.1) is 0 Å². The van der Waals surface area contributed by atoms with Gasteiger partial charge in [-0.2, -0.15) is 0 Å². The van der Waals surface area contributed by atoms with Crippen molar-refractivity contribution in [3.8, 4) is 5.75 Å². The Balaban J connectivity index is 2.11. The van der Waals surface area contributed by atoms with E-state index in [4.69, 9.17) is 9.47 Å². The molecule has 1 aromatic rings. The van der Waals surface area contributed by atoms with Gasteiger partial charge in [0.1, 0.15) is 5.75 Å². The number of rotatable bonds is 6. The van der Waals surface area contributed by atoms with E-state index in [1.807, 2.05) is 7.05 Å². The van der Waals surface area contributed by atoms with Gasteiger partial charge in [-0.15, -0.1) is 0 Å². The van der Waals surface area contributed by atoms with Crippen molar-refractivity contribution in [2.75, 3.05) is 26.9 Å². The molecule has 1 aliphatic heterocycles. The summed E-state index contributed by atoms with van der Waals surface area (Å²) < 4.78 is 11.4. The van der Waals surface area contributed by atoms with Crippen molar-refractivity contribution < 1.29 is 9.47 Å². The van der Waals surface area contributed by atoms with Gasteiger partial charge >= 0.3 is 0 Å². The second-order valence-electron chi connectivity index (χ2n) is 4.35. The first kappa shape index (κ1) is 12.4. The minimum atomic E-state index is 0.217. The van der Waals surface area contributed by atoms with Gasteiger partial charge in [0.2, 0.25) is 0 Å². The van der Waals surface area contributed by atoms with E-state index in [0.717, 1.165) is 31.8 Å². The lowest BCUT2D eigenvalue weighted by atomic mass is 10.0. The molecule has 0 bridgehead atoms. The monoisotopic (exact) mass is 235 g/mol. The highest BCUT2D eigenvalue weighted by atomic mass is 16.5. The fourth-order valence-electron chi connectivity index (χ4n) is 2.19. The van der Waals surface area contributed by atoms with E-state index in [9.17, 15) is 0 Å². The van der Waals surface area contributed by atoms with Crippen molar-refractivity contribution in [2.24, 2.45) is 0 Å². The highest BCUT2D eigenvalue weighted by Gasteiger charge is 2.21. The van der Waals surface area contributed by atoms with E-state index in [1.54, 1.807) is 0 Å². The number of fused-ring (bicyclic) bond motifs is 1. The van der Waals surface area contributed by atoms with E-state index in [1.165, 1.54) is 11.1 Å². The fraction of sp³-hybridized carbons (Fsp3) is 0.571. The average Bonchev–Trinajstić information content (AvgIpc) is 2.83. The standard InChI is InChI=1S/C14H21NO2/c1-3-8-16-10-13(15-2)12-6-4-5-11-7-9-17-14(11)12/h4-6,13,15H,3,7-10H2,1-2H3. The largest absolute Gasteiger partial charge is 0.493 e. The summed E-state index contributed by atoms with van der Waals surface area (Å²) in [7, 11) is 1.97. The molecule has 0 saturated heterocycles. The van der Waals surface area contributed by atoms with Gasteiger partial charge in [-0.3, -0.25) is 0 Å². The maximum absolute atomic E-state index is 5.72. The zero-order valence-electron chi connectivity index (χ0n) is 10.7. The van der Waals surface area contributed by atoms with Crippen molar-refractivity contribution >= 4 is 0 Å². The van der Waals surface area contributed by atoms with Crippen LogP contribution in [-0.4, -0.2) is 26.9 Å². The van der Waals surface area contributed by atoms with Crippen LogP contribution in [0.5, 0.6) is 5.75 Å². The molecule has 1 aliphatic rings. The predicted molar refractivity (Wildman–Crippen MR) is 68.6 cm³/mol. The summed E-state index contributed by atoms with van der Waals surface area (Å²) in [6, 6.07) is 6.59. The molecule has 2 rings (SSSR count). The Morgan fingerprint density at radius 2 is 2.35 bits per heavy atom. The number of hydrogen-bond acceptors (Lipinski definition) is 3. The number of ether oxygens (including phenoxy) is 2. The SMILES string of the molecule is CCCOCC(NC)c1cccc2c1OCC2. The molecule has 0 amide bonds. The van der Waals surface area contributed by atoms with E-state index in [-0.39, 0.29) is 6.04 Å². The van der Waals surface area contributed by atoms with Gasteiger partial charge in [-0.25, -0.2) is 0 Å². The van der Waals surface area contributed by atoms with Crippen molar-refractivity contribution in [3.05, 3.63) is 29.3 Å². The second kappa shape index (κ2) is 6.03. The van der Waals surface area contributed by atoms with Crippen LogP contribution < -0.4 is 10.1 Å². The molecular weight excluding hydrogens is 214 g/mol. The van der Waals surface area contributed by atoms with Crippen LogP contribution in [0.1, 0.15) is 30.5 Å². The lowest BCUT2D eigenvalue weighted by molar-refractivity contribution is 0.113. The van der Waals surface area contributed by atoms with Gasteiger partial charge < -0.3 is 14.8 Å². The van der Waals surface area contributed by atoms with Crippen LogP contribution in [0.4, 0.5) is 0 Å². The van der Waals surface area contributed by atoms with Gasteiger partial charge in [-0.1, -0.05) is 25.1 Å². The lowest BCUT2D eigenvalue weighted by Gasteiger charge is -2.19. The normalized spacial score (nSPS) is 15.4. The maximum Gasteiger partial charge on any atom is 0.127 e. The molecule has 94 valence electrons. The molecule has 1 unspecified atom stereocenters. The number of nitrogens with one attached hydrogen (secondary N) is 1. The highest BCUT2D eigenvalue weighted by molar-refractivity contribution is 5.45. The summed E-state index contributed by atoms with van der Waals surface area (Å²) in [5, 5.41) is 3.30. The van der Waals surface area contributed by atoms with Gasteiger partial charge in [-0.05, 0) is 19.0 Å². The Hall–Kier alpha value is -1.06. The number of likely N-dealkylation sites (N-methyl/N-ethyl adjacent to an activating group) is 1. The summed E-state index contributed by atoms with van der Waals surface area (Å²) in [4.78, 5) is 0. The molecule has 1 aromatic carbocycles. The topological polar surface area (TPSA) is 30.5 Å². The van der Waals surface area contributed by atoms with Crippen molar-refractivity contribution in [2.45, 2.75) is 25.8 Å². The first-order chi connectivity index (χ1) is 8.36. The molecule has 0 aliphatic carbocycles. The molecule has 1 heterocycles. The Labute approximate surface area is 103 Å². The molecule has 0 spiro atoms. The first-order valence-electron chi connectivity index (χ1n) is 6.36. The van der Waals surface area contributed by atoms with Gasteiger partial charge in [0.05, 0.1) is 19.3 Å². The quantitative estimate of drug-likeness (QED) is 0.767. The molecule has 0 fully saturated rings. The third kappa shape index (κ3) is 2.79. The Morgan fingerprint density at radius 1 is 1.47 bits per heavy atom. The highest BCUT2D eigenvalue weighted by Crippen LogP contribution is 2.33. The number of benzene rings is 1. The minimum Gasteiger partial charge on any atom is -0.493 e. The Morgan fingerprint density at radius 3 is 3.12 bits per heavy atom. The third-order valence-corrected chi connectivity index (χ3v) is 3.10. The molecule has 3 nitrogen and oxygen atoms in total. The van der Waals surface area contributed by atoms with Crippen LogP contribution in [0.15, 0.2) is 18.2 Å². The lowest BCUT2D eigenvalue weighted by Crippen LogP contribution is -2.22. The summed E-state index contributed by atoms with van der Waals surface area (Å²) in [6.07, 6.45) is 2.08. The van der Waals surface area contributed by atoms with Gasteiger partial charge in [0.25, 0.3) is 0 Å². The van der Waals surface area contributed by atoms with Crippen molar-refractivity contribution in [1.82, 2.24) is 5.32 Å². The zero-order chi connectivity index (χ0) is 12.1. The van der Waals surface area contributed by atoms with Crippen LogP contribution in [0.3, 0.4) is 0 Å². The van der Waals surface area contributed by atoms with Crippen LogP contribution in [-0.2, 0) is 11.2 Å². The zero-order valence-corrected chi connectivity index (χ0v) is 10.7. The van der Waals surface area contributed by atoms with E-state index in [2.05, 4.69) is 30.4 Å². The number of hydrogen-bond donors (Lipinski definition) is 1. The Bertz CT molecular complexity index is 365. The van der Waals surface area contributed by atoms with E-state index >= 15 is 0 Å². The molecule has 0 aromatic heterocycles. The van der Waals surface area contributed by atoms with E-state index in [0.29, 0.717) is 6.61 Å². The molecule has 0 radical (unpaired) electrons. The molecule has 3 heteroatoms. The molecular formula is C14H21NO2. The smallest absolute Gasteiger partial charge is 0.127 e. The molecule has 1 atom stereocenters. The number of para-hydroxylation sites is 1. The minimum absolute atomic E-state index is 0.217. The van der Waals surface area contributed by atoms with Crippen molar-refractivity contribution in [1.29, 1.82) is 0 Å². The fourth-order valence-corrected chi connectivity index (χ4v) is 2.19. The Kier molecular flexibility index (Phi) is 4.40. The average molecular weight is 235 g/mol. The first-order valence-corrected chi connectivity index (χ1v) is 6.36. The molecule has 17 heavy (non-hydrogen) atoms. The third-order valence-electron chi connectivity index (χ3n) is 3.10. The van der Waals surface area contributed by atoms with E-state index < -0.39 is 0 Å². The summed E-state index contributed by atoms with van der Waals surface area (Å²) in [5.74, 6) is 1.06. The molecule has 1 N–H and O–H groups in total. The summed E-state index contributed by atoms with van der Waals surface area (Å²) in [5.41, 5.74) is 2.54. The van der Waals surface area contributed by atoms with Crippen LogP contribution >= 0.6 is 0 Å². The van der Waals surface area contributed by atoms with Gasteiger partial charge in [0, 0.05) is 18.6 Å². The summed E-state index contributed by atoms with van der Waals surface area (Å²) in [6.45, 7) is 4.44. The maximum atomic E-state index is 5.72. The van der Waals surface area contributed by atoms with Gasteiger partial charge in [0.15, 0.2) is 0 Å². The second-order valence-corrected chi connectivity index (χ2v) is 4.35. The molecule has 0 saturated carbocycles. The van der Waals surface area contributed by atoms with Crippen LogP contribution in [0.25, 0.3) is 0 Å².